The molecule has 0 amide bonds. The van der Waals surface area contributed by atoms with E-state index in [1.807, 2.05) is 11.3 Å². The van der Waals surface area contributed by atoms with Gasteiger partial charge in [-0.15, -0.1) is 11.3 Å². The summed E-state index contributed by atoms with van der Waals surface area (Å²) >= 11 is 1.93. The summed E-state index contributed by atoms with van der Waals surface area (Å²) in [4.78, 5) is 5.43. The summed E-state index contributed by atoms with van der Waals surface area (Å²) in [7, 11) is 2.26. The largest absolute Gasteiger partial charge is 0.315 e. The first-order chi connectivity index (χ1) is 7.68. The highest BCUT2D eigenvalue weighted by Gasteiger charge is 2.23. The van der Waals surface area contributed by atoms with E-state index in [9.17, 15) is 0 Å². The zero-order chi connectivity index (χ0) is 11.5. The second-order valence-corrected chi connectivity index (χ2v) is 6.11. The van der Waals surface area contributed by atoms with Gasteiger partial charge in [0, 0.05) is 28.4 Å². The summed E-state index contributed by atoms with van der Waals surface area (Å²) in [6.07, 6.45) is 2.64. The molecule has 3 heteroatoms. The first-order valence-corrected chi connectivity index (χ1v) is 6.99. The Morgan fingerprint density at radius 3 is 2.88 bits per heavy atom. The zero-order valence-electron chi connectivity index (χ0n) is 10.5. The van der Waals surface area contributed by atoms with Gasteiger partial charge in [-0.25, -0.2) is 0 Å². The Hall–Kier alpha value is -0.380. The Morgan fingerprint density at radius 2 is 2.31 bits per heavy atom. The topological polar surface area (TPSA) is 15.3 Å². The number of thiophene rings is 1. The van der Waals surface area contributed by atoms with Crippen LogP contribution in [0.2, 0.25) is 0 Å². The molecule has 2 nitrogen and oxygen atoms in total. The second-order valence-electron chi connectivity index (χ2n) is 4.79. The molecule has 2 rings (SSSR count). The highest BCUT2D eigenvalue weighted by atomic mass is 32.1. The van der Waals surface area contributed by atoms with Crippen molar-refractivity contribution in [3.05, 3.63) is 21.9 Å². The van der Waals surface area contributed by atoms with Crippen molar-refractivity contribution in [2.45, 2.75) is 38.8 Å². The van der Waals surface area contributed by atoms with Crippen molar-refractivity contribution >= 4 is 11.3 Å². The molecule has 90 valence electrons. The molecular formula is C13H22N2S. The van der Waals surface area contributed by atoms with Crippen LogP contribution in [0.3, 0.4) is 0 Å². The number of piperidine rings is 1. The van der Waals surface area contributed by atoms with Crippen LogP contribution in [0, 0.1) is 6.92 Å². The van der Waals surface area contributed by atoms with Crippen molar-refractivity contribution in [2.75, 3.05) is 20.1 Å². The maximum atomic E-state index is 3.49. The molecule has 1 N–H and O–H groups in total. The monoisotopic (exact) mass is 238 g/mol. The molecule has 16 heavy (non-hydrogen) atoms. The van der Waals surface area contributed by atoms with Gasteiger partial charge < -0.3 is 5.32 Å². The van der Waals surface area contributed by atoms with Crippen molar-refractivity contribution in [3.63, 3.8) is 0 Å². The lowest BCUT2D eigenvalue weighted by Crippen LogP contribution is -2.44. The van der Waals surface area contributed by atoms with Crippen molar-refractivity contribution in [1.82, 2.24) is 10.2 Å². The smallest absolute Gasteiger partial charge is 0.0413 e. The molecule has 1 aliphatic heterocycles. The lowest BCUT2D eigenvalue weighted by Gasteiger charge is -2.35. The molecule has 1 aliphatic rings. The summed E-state index contributed by atoms with van der Waals surface area (Å²) in [6, 6.07) is 5.75. The zero-order valence-corrected chi connectivity index (χ0v) is 11.3. The molecular weight excluding hydrogens is 216 g/mol. The summed E-state index contributed by atoms with van der Waals surface area (Å²) in [6.45, 7) is 6.84. The number of nitrogens with one attached hydrogen (secondary N) is 1. The minimum atomic E-state index is 0.545. The van der Waals surface area contributed by atoms with Crippen molar-refractivity contribution in [3.8, 4) is 0 Å². The average molecular weight is 238 g/mol. The van der Waals surface area contributed by atoms with E-state index in [-0.39, 0.29) is 0 Å². The van der Waals surface area contributed by atoms with Crippen LogP contribution in [0.5, 0.6) is 0 Å². The average Bonchev–Trinajstić information content (AvgIpc) is 2.75. The first kappa shape index (κ1) is 12.1. The van der Waals surface area contributed by atoms with E-state index < -0.39 is 0 Å². The molecule has 0 aliphatic carbocycles. The van der Waals surface area contributed by atoms with Gasteiger partial charge in [0.2, 0.25) is 0 Å². The van der Waals surface area contributed by atoms with Gasteiger partial charge in [0.05, 0.1) is 0 Å². The van der Waals surface area contributed by atoms with Crippen LogP contribution in [-0.4, -0.2) is 31.1 Å². The third-order valence-electron chi connectivity index (χ3n) is 3.63. The van der Waals surface area contributed by atoms with E-state index in [1.165, 1.54) is 29.1 Å². The van der Waals surface area contributed by atoms with Crippen LogP contribution >= 0.6 is 11.3 Å². The molecule has 0 aromatic carbocycles. The van der Waals surface area contributed by atoms with Gasteiger partial charge >= 0.3 is 0 Å². The predicted octanol–water partition coefficient (Wildman–Crippen LogP) is 2.80. The molecule has 0 radical (unpaired) electrons. The maximum absolute atomic E-state index is 3.49. The van der Waals surface area contributed by atoms with Crippen molar-refractivity contribution < 1.29 is 0 Å². The third kappa shape index (κ3) is 2.65. The second kappa shape index (κ2) is 5.30. The van der Waals surface area contributed by atoms with E-state index >= 15 is 0 Å². The number of nitrogens with zero attached hydrogens (tertiary/aromatic N) is 1. The fourth-order valence-corrected chi connectivity index (χ4v) is 3.36. The molecule has 1 saturated heterocycles. The maximum Gasteiger partial charge on any atom is 0.0413 e. The standard InChI is InChI=1S/C13H22N2S/c1-10-6-7-13(16-10)11(2)15(3)12-5-4-8-14-9-12/h6-7,11-12,14H,4-5,8-9H2,1-3H3. The van der Waals surface area contributed by atoms with Gasteiger partial charge in [-0.2, -0.15) is 0 Å². The van der Waals surface area contributed by atoms with Crippen LogP contribution in [0.4, 0.5) is 0 Å². The van der Waals surface area contributed by atoms with Crippen LogP contribution in [0.25, 0.3) is 0 Å². The van der Waals surface area contributed by atoms with Gasteiger partial charge in [0.25, 0.3) is 0 Å². The Kier molecular flexibility index (Phi) is 4.00. The highest BCUT2D eigenvalue weighted by Crippen LogP contribution is 2.28. The van der Waals surface area contributed by atoms with E-state index in [1.54, 1.807) is 0 Å². The molecule has 2 heterocycles. The number of hydrogen-bond acceptors (Lipinski definition) is 3. The quantitative estimate of drug-likeness (QED) is 0.871. The van der Waals surface area contributed by atoms with E-state index in [0.717, 1.165) is 6.54 Å². The lowest BCUT2D eigenvalue weighted by atomic mass is 10.0. The van der Waals surface area contributed by atoms with Crippen molar-refractivity contribution in [2.24, 2.45) is 0 Å². The fourth-order valence-electron chi connectivity index (χ4n) is 2.38. The predicted molar refractivity (Wildman–Crippen MR) is 71.1 cm³/mol. The summed E-state index contributed by atoms with van der Waals surface area (Å²) in [5, 5.41) is 3.49. The van der Waals surface area contributed by atoms with Gasteiger partial charge in [0.15, 0.2) is 0 Å². The molecule has 0 bridgehead atoms. The Bertz CT molecular complexity index is 328. The number of aryl methyl sites for hydroxylation is 1. The molecule has 0 spiro atoms. The Morgan fingerprint density at radius 1 is 1.50 bits per heavy atom. The number of likely N-dealkylation sites (N-methyl/N-ethyl adjacent to an activating group) is 1. The highest BCUT2D eigenvalue weighted by molar-refractivity contribution is 7.12. The lowest BCUT2D eigenvalue weighted by molar-refractivity contribution is 0.158. The number of hydrogen-bond donors (Lipinski definition) is 1. The van der Waals surface area contributed by atoms with Gasteiger partial charge in [-0.05, 0) is 52.4 Å². The molecule has 1 aromatic heterocycles. The van der Waals surface area contributed by atoms with Crippen LogP contribution in [-0.2, 0) is 0 Å². The SMILES string of the molecule is Cc1ccc(C(C)N(C)C2CCCNC2)s1. The summed E-state index contributed by atoms with van der Waals surface area (Å²) in [5.74, 6) is 0. The van der Waals surface area contributed by atoms with Gasteiger partial charge in [0.1, 0.15) is 0 Å². The van der Waals surface area contributed by atoms with Gasteiger partial charge in [-0.3, -0.25) is 4.90 Å². The molecule has 1 aromatic rings. The number of rotatable bonds is 3. The van der Waals surface area contributed by atoms with Crippen LogP contribution in [0.15, 0.2) is 12.1 Å². The normalized spacial score (nSPS) is 23.6. The van der Waals surface area contributed by atoms with Crippen molar-refractivity contribution in [1.29, 1.82) is 0 Å². The van der Waals surface area contributed by atoms with E-state index in [2.05, 4.69) is 43.2 Å². The summed E-state index contributed by atoms with van der Waals surface area (Å²) in [5.41, 5.74) is 0. The van der Waals surface area contributed by atoms with Crippen LogP contribution < -0.4 is 5.32 Å². The Balaban J connectivity index is 2.00. The first-order valence-electron chi connectivity index (χ1n) is 6.17. The molecule has 2 unspecified atom stereocenters. The van der Waals surface area contributed by atoms with Crippen LogP contribution in [0.1, 0.15) is 35.6 Å². The van der Waals surface area contributed by atoms with E-state index in [0.29, 0.717) is 12.1 Å². The fraction of sp³-hybridized carbons (Fsp3) is 0.692. The minimum Gasteiger partial charge on any atom is -0.315 e. The summed E-state index contributed by atoms with van der Waals surface area (Å²) < 4.78 is 0. The Labute approximate surface area is 103 Å². The van der Waals surface area contributed by atoms with E-state index in [4.69, 9.17) is 0 Å². The minimum absolute atomic E-state index is 0.545. The third-order valence-corrected chi connectivity index (χ3v) is 4.80. The molecule has 1 fully saturated rings. The molecule has 0 saturated carbocycles. The molecule has 2 atom stereocenters. The van der Waals surface area contributed by atoms with Gasteiger partial charge in [-0.1, -0.05) is 0 Å².